The van der Waals surface area contributed by atoms with Crippen LogP contribution in [0.25, 0.3) is 0 Å². The van der Waals surface area contributed by atoms with Crippen molar-refractivity contribution < 1.29 is 56.5 Å². The number of aliphatic imine (C=N–C) groups is 2. The van der Waals surface area contributed by atoms with Crippen LogP contribution in [0.5, 0.6) is 5.88 Å². The van der Waals surface area contributed by atoms with Gasteiger partial charge in [-0.2, -0.15) is 0 Å². The van der Waals surface area contributed by atoms with Crippen molar-refractivity contribution >= 4 is 36.6 Å². The van der Waals surface area contributed by atoms with E-state index in [-0.39, 0.29) is 68.0 Å². The van der Waals surface area contributed by atoms with E-state index in [4.69, 9.17) is 0 Å². The summed E-state index contributed by atoms with van der Waals surface area (Å²) in [5.41, 5.74) is 1.84. The number of hydrogen-bond acceptors (Lipinski definition) is 6. The topological polar surface area (TPSA) is 73.6 Å². The van der Waals surface area contributed by atoms with E-state index in [0.717, 1.165) is 11.1 Å². The molecule has 0 aliphatic carbocycles. The van der Waals surface area contributed by atoms with Gasteiger partial charge in [0, 0.05) is 18.3 Å². The van der Waals surface area contributed by atoms with Crippen LogP contribution >= 0.6 is 12.6 Å². The zero-order chi connectivity index (χ0) is 16.8. The van der Waals surface area contributed by atoms with E-state index in [1.807, 2.05) is 60.7 Å². The molecule has 0 fully saturated rings. The van der Waals surface area contributed by atoms with E-state index in [9.17, 15) is 5.11 Å². The van der Waals surface area contributed by atoms with Gasteiger partial charge in [0.05, 0.1) is 0 Å². The summed E-state index contributed by atoms with van der Waals surface area (Å²) in [6, 6.07) is 19.0. The van der Waals surface area contributed by atoms with Crippen molar-refractivity contribution in [3.05, 3.63) is 71.8 Å². The van der Waals surface area contributed by atoms with Gasteiger partial charge in [0.25, 0.3) is 0 Å². The van der Waals surface area contributed by atoms with Crippen molar-refractivity contribution in [1.29, 1.82) is 0 Å². The minimum Gasteiger partial charge on any atom is -0.857 e. The van der Waals surface area contributed by atoms with Gasteiger partial charge in [0.15, 0.2) is 11.0 Å². The average molecular weight is 372 g/mol. The first-order chi connectivity index (χ1) is 11.7. The fourth-order valence-electron chi connectivity index (χ4n) is 1.97. The number of nitrogens with zero attached hydrogens (tertiary/aromatic N) is 4. The maximum Gasteiger partial charge on any atom is 1.00 e. The van der Waals surface area contributed by atoms with E-state index in [1.165, 1.54) is 0 Å². The molecule has 0 aliphatic heterocycles. The molecule has 3 rings (SSSR count). The van der Waals surface area contributed by atoms with Gasteiger partial charge in [0.2, 0.25) is 0 Å². The van der Waals surface area contributed by atoms with Crippen molar-refractivity contribution in [2.45, 2.75) is 5.16 Å². The molecule has 5 nitrogen and oxygen atoms in total. The summed E-state index contributed by atoms with van der Waals surface area (Å²) >= 11 is 4.04. The van der Waals surface area contributed by atoms with Crippen LogP contribution in [0.4, 0.5) is 11.5 Å². The van der Waals surface area contributed by atoms with Gasteiger partial charge in [-0.3, -0.25) is 4.99 Å². The smallest absolute Gasteiger partial charge is 0.857 e. The molecular formula is C18H13KN4OS. The molecule has 0 unspecified atom stereocenters. The van der Waals surface area contributed by atoms with Crippen LogP contribution in [0, 0.1) is 0 Å². The molecule has 1 heterocycles. The molecule has 0 saturated carbocycles. The molecule has 118 valence electrons. The maximum absolute atomic E-state index is 12.1. The molecule has 0 saturated heterocycles. The van der Waals surface area contributed by atoms with Gasteiger partial charge in [-0.05, 0) is 11.1 Å². The van der Waals surface area contributed by atoms with Crippen LogP contribution in [0.1, 0.15) is 11.1 Å². The molecule has 7 heteroatoms. The normalized spacial score (nSPS) is 10.9. The van der Waals surface area contributed by atoms with Crippen LogP contribution in [0.3, 0.4) is 0 Å². The molecule has 2 aromatic carbocycles. The molecule has 0 amide bonds. The number of aromatic nitrogens is 2. The molecule has 3 aromatic rings. The second-order valence-corrected chi connectivity index (χ2v) is 5.24. The molecule has 0 radical (unpaired) electrons. The minimum atomic E-state index is -0.512. The van der Waals surface area contributed by atoms with E-state index >= 15 is 0 Å². The Morgan fingerprint density at radius 1 is 0.800 bits per heavy atom. The Kier molecular flexibility index (Phi) is 7.95. The summed E-state index contributed by atoms with van der Waals surface area (Å²) in [6.07, 6.45) is 3.20. The minimum absolute atomic E-state index is 0. The van der Waals surface area contributed by atoms with Crippen molar-refractivity contribution in [3.63, 3.8) is 0 Å². The van der Waals surface area contributed by atoms with E-state index in [2.05, 4.69) is 32.6 Å². The summed E-state index contributed by atoms with van der Waals surface area (Å²) in [5, 5.41) is 12.2. The van der Waals surface area contributed by atoms with Crippen molar-refractivity contribution in [2.75, 3.05) is 0 Å². The summed E-state index contributed by atoms with van der Waals surface area (Å²) in [4.78, 5) is 16.3. The van der Waals surface area contributed by atoms with Crippen LogP contribution in [-0.2, 0) is 0 Å². The first-order valence-corrected chi connectivity index (χ1v) is 7.63. The summed E-state index contributed by atoms with van der Waals surface area (Å²) in [7, 11) is 0. The molecule has 25 heavy (non-hydrogen) atoms. The Labute approximate surface area is 193 Å². The molecule has 0 N–H and O–H groups in total. The van der Waals surface area contributed by atoms with Gasteiger partial charge in [0.1, 0.15) is 5.69 Å². The zero-order valence-electron chi connectivity index (χ0n) is 13.6. The monoisotopic (exact) mass is 372 g/mol. The van der Waals surface area contributed by atoms with Gasteiger partial charge in [-0.15, -0.1) is 12.6 Å². The van der Waals surface area contributed by atoms with E-state index < -0.39 is 5.88 Å². The van der Waals surface area contributed by atoms with Crippen molar-refractivity contribution in [3.8, 4) is 5.88 Å². The fourth-order valence-corrected chi connectivity index (χ4v) is 2.15. The number of hydrogen-bond donors (Lipinski definition) is 1. The fraction of sp³-hybridized carbons (Fsp3) is 0. The standard InChI is InChI=1S/C18H14N4OS.K/c23-17-15(19-11-13-7-3-1-4-8-13)16(21-18(24)22-17)20-12-14-9-5-2-6-10-14;/h1-12H,(H2,21,22,23,24);/q;+1/p-1/b19-11+,20-12+;. The van der Waals surface area contributed by atoms with Crippen LogP contribution in [-0.4, -0.2) is 22.4 Å². The number of thiol groups is 1. The Balaban J connectivity index is 0.00000225. The number of rotatable bonds is 4. The summed E-state index contributed by atoms with van der Waals surface area (Å²) in [5.74, 6) is -0.321. The molecule has 1 aromatic heterocycles. The summed E-state index contributed by atoms with van der Waals surface area (Å²) in [6.45, 7) is 0. The number of benzene rings is 2. The average Bonchev–Trinajstić information content (AvgIpc) is 2.61. The molecule has 0 spiro atoms. The molecule has 0 aliphatic rings. The zero-order valence-corrected chi connectivity index (χ0v) is 17.6. The maximum atomic E-state index is 12.1. The Hall–Kier alpha value is -1.35. The molecule has 0 atom stereocenters. The molecule has 0 bridgehead atoms. The predicted molar refractivity (Wildman–Crippen MR) is 96.1 cm³/mol. The second kappa shape index (κ2) is 9.96. The SMILES string of the molecule is [K+].[O-]c1nc(S)nc(/N=C/c2ccccc2)c1/N=C/c1ccccc1. The predicted octanol–water partition coefficient (Wildman–Crippen LogP) is 0.344. The Morgan fingerprint density at radius 3 is 1.88 bits per heavy atom. The Bertz CT molecular complexity index is 886. The van der Waals surface area contributed by atoms with E-state index in [0.29, 0.717) is 0 Å². The van der Waals surface area contributed by atoms with Crippen LogP contribution in [0.15, 0.2) is 75.8 Å². The van der Waals surface area contributed by atoms with Gasteiger partial charge in [-0.25, -0.2) is 15.0 Å². The summed E-state index contributed by atoms with van der Waals surface area (Å²) < 4.78 is 0. The quantitative estimate of drug-likeness (QED) is 0.311. The van der Waals surface area contributed by atoms with Crippen LogP contribution < -0.4 is 56.5 Å². The van der Waals surface area contributed by atoms with Crippen LogP contribution in [0.2, 0.25) is 0 Å². The second-order valence-electron chi connectivity index (χ2n) is 4.84. The Morgan fingerprint density at radius 2 is 1.32 bits per heavy atom. The van der Waals surface area contributed by atoms with Crippen molar-refractivity contribution in [1.82, 2.24) is 9.97 Å². The third-order valence-electron chi connectivity index (χ3n) is 3.10. The third-order valence-corrected chi connectivity index (χ3v) is 3.30. The largest absolute Gasteiger partial charge is 1.00 e. The third kappa shape index (κ3) is 5.84. The molecular weight excluding hydrogens is 359 g/mol. The van der Waals surface area contributed by atoms with Gasteiger partial charge < -0.3 is 5.11 Å². The van der Waals surface area contributed by atoms with Gasteiger partial charge >= 0.3 is 51.4 Å². The van der Waals surface area contributed by atoms with Gasteiger partial charge in [-0.1, -0.05) is 60.7 Å². The van der Waals surface area contributed by atoms with Crippen molar-refractivity contribution in [2.24, 2.45) is 9.98 Å². The first-order valence-electron chi connectivity index (χ1n) is 7.18. The van der Waals surface area contributed by atoms with E-state index in [1.54, 1.807) is 12.4 Å². The first kappa shape index (κ1) is 20.0.